The number of hydrogen-bond donors (Lipinski definition) is 1. The Kier molecular flexibility index (Phi) is 20.6. The molecule has 21 heavy (non-hydrogen) atoms. The first-order valence-corrected chi connectivity index (χ1v) is 11.0. The van der Waals surface area contributed by atoms with Crippen molar-refractivity contribution in [1.29, 1.82) is 0 Å². The molecule has 0 unspecified atom stereocenters. The van der Waals surface area contributed by atoms with E-state index in [2.05, 4.69) is 18.5 Å². The molecule has 0 fully saturated rings. The van der Waals surface area contributed by atoms with Gasteiger partial charge in [-0.1, -0.05) is 77.6 Å². The monoisotopic (exact) mass is 315 g/mol. The van der Waals surface area contributed by atoms with Crippen LogP contribution >= 0.6 is 11.8 Å². The lowest BCUT2D eigenvalue weighted by Crippen LogP contribution is -2.16. The van der Waals surface area contributed by atoms with Gasteiger partial charge in [0.25, 0.3) is 0 Å². The van der Waals surface area contributed by atoms with E-state index in [0.717, 1.165) is 0 Å². The summed E-state index contributed by atoms with van der Waals surface area (Å²) in [5.74, 6) is 1.34. The lowest BCUT2D eigenvalue weighted by Gasteiger charge is -2.05. The fourth-order valence-electron chi connectivity index (χ4n) is 2.71. The lowest BCUT2D eigenvalue weighted by molar-refractivity contribution is 0.535. The van der Waals surface area contributed by atoms with E-state index in [0.29, 0.717) is 0 Å². The molecule has 0 rings (SSSR count). The largest absolute Gasteiger partial charge is 0.317 e. The summed E-state index contributed by atoms with van der Waals surface area (Å²) in [6.45, 7) is 4.76. The van der Waals surface area contributed by atoms with Gasteiger partial charge in [0.05, 0.1) is 0 Å². The van der Waals surface area contributed by atoms with Crippen molar-refractivity contribution in [1.82, 2.24) is 5.32 Å². The number of thioether (sulfide) groups is 1. The van der Waals surface area contributed by atoms with E-state index in [-0.39, 0.29) is 0 Å². The van der Waals surface area contributed by atoms with Crippen molar-refractivity contribution in [2.75, 3.05) is 25.1 Å². The van der Waals surface area contributed by atoms with E-state index in [4.69, 9.17) is 0 Å². The highest BCUT2D eigenvalue weighted by molar-refractivity contribution is 7.98. The molecule has 0 aromatic rings. The first kappa shape index (κ1) is 21.3. The maximum atomic E-state index is 3.60. The van der Waals surface area contributed by atoms with Gasteiger partial charge in [0.1, 0.15) is 0 Å². The summed E-state index contributed by atoms with van der Waals surface area (Å²) >= 11 is 1.97. The topological polar surface area (TPSA) is 12.0 Å². The minimum Gasteiger partial charge on any atom is -0.317 e. The molecule has 0 heterocycles. The summed E-state index contributed by atoms with van der Waals surface area (Å²) in [5, 5.41) is 3.60. The molecule has 0 atom stereocenters. The average Bonchev–Trinajstić information content (AvgIpc) is 2.50. The van der Waals surface area contributed by atoms with Crippen LogP contribution in [0, 0.1) is 0 Å². The third-order valence-electron chi connectivity index (χ3n) is 4.16. The third kappa shape index (κ3) is 20.3. The van der Waals surface area contributed by atoms with Crippen LogP contribution in [0.3, 0.4) is 0 Å². The normalized spacial score (nSPS) is 11.1. The van der Waals surface area contributed by atoms with Crippen LogP contribution in [-0.4, -0.2) is 25.1 Å². The predicted octanol–water partition coefficient (Wildman–Crippen LogP) is 6.42. The first-order valence-electron chi connectivity index (χ1n) is 9.61. The predicted molar refractivity (Wildman–Crippen MR) is 102 cm³/mol. The fraction of sp³-hybridized carbons (Fsp3) is 1.00. The van der Waals surface area contributed by atoms with Crippen LogP contribution in [0.15, 0.2) is 0 Å². The van der Waals surface area contributed by atoms with Crippen LogP contribution in [0.4, 0.5) is 0 Å². The zero-order chi connectivity index (χ0) is 15.4. The summed E-state index contributed by atoms with van der Waals surface area (Å²) < 4.78 is 0. The molecule has 1 nitrogen and oxygen atoms in total. The molecular formula is C19H41NS. The van der Waals surface area contributed by atoms with E-state index in [1.165, 1.54) is 109 Å². The number of nitrogens with one attached hydrogen (secondary N) is 1. The SMILES string of the molecule is CCCCCCCCCCCCNCCCCCCSC. The van der Waals surface area contributed by atoms with E-state index < -0.39 is 0 Å². The van der Waals surface area contributed by atoms with Crippen molar-refractivity contribution >= 4 is 11.8 Å². The molecule has 0 aliphatic carbocycles. The van der Waals surface area contributed by atoms with Crippen molar-refractivity contribution in [3.8, 4) is 0 Å². The van der Waals surface area contributed by atoms with Crippen LogP contribution in [0.1, 0.15) is 96.8 Å². The van der Waals surface area contributed by atoms with Gasteiger partial charge in [-0.3, -0.25) is 0 Å². The molecule has 0 saturated heterocycles. The number of hydrogen-bond acceptors (Lipinski definition) is 2. The van der Waals surface area contributed by atoms with E-state index in [9.17, 15) is 0 Å². The zero-order valence-corrected chi connectivity index (χ0v) is 15.7. The quantitative estimate of drug-likeness (QED) is 0.293. The highest BCUT2D eigenvalue weighted by Gasteiger charge is 1.93. The molecule has 0 amide bonds. The summed E-state index contributed by atoms with van der Waals surface area (Å²) in [5.41, 5.74) is 0. The summed E-state index contributed by atoms with van der Waals surface area (Å²) in [7, 11) is 0. The maximum absolute atomic E-state index is 3.60. The maximum Gasteiger partial charge on any atom is -0.00489 e. The van der Waals surface area contributed by atoms with Gasteiger partial charge in [-0.25, -0.2) is 0 Å². The molecule has 0 aromatic carbocycles. The van der Waals surface area contributed by atoms with Crippen molar-refractivity contribution in [2.45, 2.75) is 96.8 Å². The van der Waals surface area contributed by atoms with Gasteiger partial charge in [0, 0.05) is 0 Å². The minimum atomic E-state index is 1.23. The molecule has 0 radical (unpaired) electrons. The Hall–Kier alpha value is 0.310. The standard InChI is InChI=1S/C19H41NS/c1-3-4-5-6-7-8-9-10-11-14-17-20-18-15-12-13-16-19-21-2/h20H,3-19H2,1-2H3. The molecular weight excluding hydrogens is 274 g/mol. The second-order valence-electron chi connectivity index (χ2n) is 6.34. The minimum absolute atomic E-state index is 1.23. The van der Waals surface area contributed by atoms with E-state index >= 15 is 0 Å². The summed E-state index contributed by atoms with van der Waals surface area (Å²) in [6, 6.07) is 0. The van der Waals surface area contributed by atoms with Gasteiger partial charge in [-0.05, 0) is 44.4 Å². The van der Waals surface area contributed by atoms with Crippen LogP contribution in [0.25, 0.3) is 0 Å². The van der Waals surface area contributed by atoms with Gasteiger partial charge in [0.2, 0.25) is 0 Å². The molecule has 0 bridgehead atoms. The molecule has 128 valence electrons. The molecule has 0 aliphatic heterocycles. The van der Waals surface area contributed by atoms with Gasteiger partial charge in [-0.15, -0.1) is 0 Å². The highest BCUT2D eigenvalue weighted by Crippen LogP contribution is 2.10. The van der Waals surface area contributed by atoms with Crippen LogP contribution < -0.4 is 5.32 Å². The van der Waals surface area contributed by atoms with Crippen molar-refractivity contribution in [2.24, 2.45) is 0 Å². The molecule has 2 heteroatoms. The Labute approximate surface area is 139 Å². The Morgan fingerprint density at radius 2 is 1.00 bits per heavy atom. The molecule has 0 saturated carbocycles. The second kappa shape index (κ2) is 20.3. The van der Waals surface area contributed by atoms with E-state index in [1.54, 1.807) is 0 Å². The first-order chi connectivity index (χ1) is 10.4. The van der Waals surface area contributed by atoms with Crippen molar-refractivity contribution < 1.29 is 0 Å². The smallest absolute Gasteiger partial charge is 0.00489 e. The third-order valence-corrected chi connectivity index (χ3v) is 4.86. The fourth-order valence-corrected chi connectivity index (χ4v) is 3.21. The lowest BCUT2D eigenvalue weighted by atomic mass is 10.1. The number of unbranched alkanes of at least 4 members (excludes halogenated alkanes) is 12. The van der Waals surface area contributed by atoms with Gasteiger partial charge in [0.15, 0.2) is 0 Å². The average molecular weight is 316 g/mol. The molecule has 0 spiro atoms. The number of rotatable bonds is 18. The van der Waals surface area contributed by atoms with Crippen LogP contribution in [0.2, 0.25) is 0 Å². The van der Waals surface area contributed by atoms with Crippen LogP contribution in [0.5, 0.6) is 0 Å². The van der Waals surface area contributed by atoms with Crippen molar-refractivity contribution in [3.05, 3.63) is 0 Å². The Bertz CT molecular complexity index is 155. The zero-order valence-electron chi connectivity index (χ0n) is 14.9. The van der Waals surface area contributed by atoms with E-state index in [1.807, 2.05) is 11.8 Å². The van der Waals surface area contributed by atoms with Crippen molar-refractivity contribution in [3.63, 3.8) is 0 Å². The van der Waals surface area contributed by atoms with Crippen LogP contribution in [-0.2, 0) is 0 Å². The Morgan fingerprint density at radius 1 is 0.571 bits per heavy atom. The van der Waals surface area contributed by atoms with Gasteiger partial charge in [-0.2, -0.15) is 11.8 Å². The molecule has 1 N–H and O–H groups in total. The Morgan fingerprint density at radius 3 is 1.48 bits per heavy atom. The van der Waals surface area contributed by atoms with Gasteiger partial charge < -0.3 is 5.32 Å². The Balaban J connectivity index is 2.90. The molecule has 0 aliphatic rings. The second-order valence-corrected chi connectivity index (χ2v) is 7.32. The van der Waals surface area contributed by atoms with Gasteiger partial charge >= 0.3 is 0 Å². The summed E-state index contributed by atoms with van der Waals surface area (Å²) in [6.07, 6.45) is 22.2. The summed E-state index contributed by atoms with van der Waals surface area (Å²) in [4.78, 5) is 0. The highest BCUT2D eigenvalue weighted by atomic mass is 32.2. The molecule has 0 aromatic heterocycles.